The second kappa shape index (κ2) is 67.7. The van der Waals surface area contributed by atoms with Gasteiger partial charge < -0.3 is 89.9 Å². The summed E-state index contributed by atoms with van der Waals surface area (Å²) in [7, 11) is 0. The zero-order valence-corrected chi connectivity index (χ0v) is 67.4. The standard InChI is InChI=1S/C87H165NO18/c1-3-5-7-9-11-13-15-17-19-21-23-25-27-28-29-30-31-32-33-34-35-36-37-38-39-40-41-42-43-45-47-49-51-53-55-57-59-61-63-65-75(93)88-70(71(92)64-62-60-58-56-54-52-50-48-46-44-26-24-22-20-18-16-14-12-10-8-6-4-2)69-101-85-81(99)78(96)83(73(67-90)103-85)106-87-82(100)79(97)84(74(68-91)104-87)105-86-80(98)77(95)76(94)72(66-89)102-86/h54,56,62,64,70-74,76-87,89-92,94-100H,3-53,55,57-61,63,65-69H2,1-2H3,(H,88,93)/b56-54+,64-62+. The van der Waals surface area contributed by atoms with Crippen LogP contribution in [-0.4, -0.2) is 193 Å². The molecule has 0 spiro atoms. The lowest BCUT2D eigenvalue weighted by Gasteiger charge is -2.48. The van der Waals surface area contributed by atoms with E-state index in [0.29, 0.717) is 12.8 Å². The molecule has 17 atom stereocenters. The number of ether oxygens (including phenoxy) is 6. The first kappa shape index (κ1) is 98.5. The zero-order chi connectivity index (χ0) is 76.7. The molecule has 3 heterocycles. The van der Waals surface area contributed by atoms with Crippen molar-refractivity contribution in [2.75, 3.05) is 26.4 Å². The fraction of sp³-hybridized carbons (Fsp3) is 0.943. The van der Waals surface area contributed by atoms with Crippen LogP contribution in [0.4, 0.5) is 0 Å². The third kappa shape index (κ3) is 46.4. The van der Waals surface area contributed by atoms with Crippen LogP contribution in [0.1, 0.15) is 393 Å². The summed E-state index contributed by atoms with van der Waals surface area (Å²) in [6, 6.07) is -0.989. The summed E-state index contributed by atoms with van der Waals surface area (Å²) in [6.45, 7) is 1.79. The maximum Gasteiger partial charge on any atom is 0.220 e. The summed E-state index contributed by atoms with van der Waals surface area (Å²) in [5.74, 6) is -0.276. The van der Waals surface area contributed by atoms with E-state index in [0.717, 1.165) is 38.5 Å². The molecule has 0 bridgehead atoms. The molecule has 17 unspecified atom stereocenters. The number of nitrogens with one attached hydrogen (secondary N) is 1. The molecule has 3 fully saturated rings. The molecule has 0 aliphatic carbocycles. The molecular weight excluding hydrogens is 1350 g/mol. The van der Waals surface area contributed by atoms with E-state index in [-0.39, 0.29) is 18.9 Å². The summed E-state index contributed by atoms with van der Waals surface area (Å²) in [4.78, 5) is 13.5. The fourth-order valence-corrected chi connectivity index (χ4v) is 15.4. The molecule has 0 aromatic rings. The van der Waals surface area contributed by atoms with Crippen LogP contribution in [0.25, 0.3) is 0 Å². The van der Waals surface area contributed by atoms with Crippen LogP contribution in [-0.2, 0) is 33.2 Å². The van der Waals surface area contributed by atoms with Crippen molar-refractivity contribution in [1.82, 2.24) is 5.32 Å². The van der Waals surface area contributed by atoms with Gasteiger partial charge in [0.25, 0.3) is 0 Å². The van der Waals surface area contributed by atoms with Crippen LogP contribution < -0.4 is 5.32 Å². The number of rotatable bonds is 73. The van der Waals surface area contributed by atoms with Gasteiger partial charge in [0, 0.05) is 6.42 Å². The van der Waals surface area contributed by atoms with E-state index >= 15 is 0 Å². The van der Waals surface area contributed by atoms with Gasteiger partial charge in [-0.05, 0) is 32.1 Å². The summed E-state index contributed by atoms with van der Waals surface area (Å²) < 4.78 is 34.5. The maximum absolute atomic E-state index is 13.5. The lowest BCUT2D eigenvalue weighted by Crippen LogP contribution is -2.66. The highest BCUT2D eigenvalue weighted by Gasteiger charge is 2.54. The molecule has 106 heavy (non-hydrogen) atoms. The van der Waals surface area contributed by atoms with Crippen molar-refractivity contribution < 1.29 is 89.4 Å². The minimum atomic E-state index is -1.98. The van der Waals surface area contributed by atoms with Crippen LogP contribution in [0.5, 0.6) is 0 Å². The predicted molar refractivity (Wildman–Crippen MR) is 425 cm³/mol. The van der Waals surface area contributed by atoms with Crippen molar-refractivity contribution in [2.45, 2.75) is 497 Å². The number of hydrogen-bond donors (Lipinski definition) is 12. The molecule has 12 N–H and O–H groups in total. The lowest BCUT2D eigenvalue weighted by molar-refractivity contribution is -0.379. The molecule has 3 aliphatic heterocycles. The Morgan fingerprint density at radius 1 is 0.330 bits per heavy atom. The minimum absolute atomic E-state index is 0.241. The van der Waals surface area contributed by atoms with Crippen LogP contribution >= 0.6 is 0 Å². The monoisotopic (exact) mass is 1510 g/mol. The first-order valence-corrected chi connectivity index (χ1v) is 44.6. The highest BCUT2D eigenvalue weighted by Crippen LogP contribution is 2.34. The van der Waals surface area contributed by atoms with Gasteiger partial charge in [-0.25, -0.2) is 0 Å². The average Bonchev–Trinajstić information content (AvgIpc) is 0.780. The molecule has 3 saturated heterocycles. The molecule has 0 aromatic carbocycles. The molecule has 19 heteroatoms. The Kier molecular flexibility index (Phi) is 62.9. The number of hydrogen-bond acceptors (Lipinski definition) is 18. The first-order chi connectivity index (χ1) is 51.8. The van der Waals surface area contributed by atoms with Gasteiger partial charge in [-0.15, -0.1) is 0 Å². The molecule has 0 aromatic heterocycles. The number of unbranched alkanes of at least 4 members (excludes halogenated alkanes) is 55. The highest BCUT2D eigenvalue weighted by atomic mass is 16.8. The van der Waals surface area contributed by atoms with Gasteiger partial charge in [-0.3, -0.25) is 4.79 Å². The number of aliphatic hydroxyl groups excluding tert-OH is 11. The molecule has 0 saturated carbocycles. The summed E-state index contributed by atoms with van der Waals surface area (Å²) in [5.41, 5.74) is 0. The Morgan fingerprint density at radius 3 is 0.943 bits per heavy atom. The van der Waals surface area contributed by atoms with Crippen molar-refractivity contribution in [3.05, 3.63) is 24.3 Å². The first-order valence-electron chi connectivity index (χ1n) is 44.6. The van der Waals surface area contributed by atoms with Gasteiger partial charge in [0.1, 0.15) is 73.2 Å². The predicted octanol–water partition coefficient (Wildman–Crippen LogP) is 16.5. The van der Waals surface area contributed by atoms with Crippen molar-refractivity contribution in [2.24, 2.45) is 0 Å². The molecule has 3 rings (SSSR count). The molecule has 626 valence electrons. The summed E-state index contributed by atoms with van der Waals surface area (Å²) in [6.07, 6.45) is 57.8. The second-order valence-electron chi connectivity index (χ2n) is 32.1. The van der Waals surface area contributed by atoms with Crippen LogP contribution in [0, 0.1) is 0 Å². The zero-order valence-electron chi connectivity index (χ0n) is 67.4. The molecular formula is C87H165NO18. The topological polar surface area (TPSA) is 307 Å². The van der Waals surface area contributed by atoms with E-state index in [1.54, 1.807) is 6.08 Å². The lowest BCUT2D eigenvalue weighted by atomic mass is 9.96. The number of carbonyl (C=O) groups excluding carboxylic acids is 1. The molecule has 3 aliphatic rings. The van der Waals surface area contributed by atoms with Crippen molar-refractivity contribution in [1.29, 1.82) is 0 Å². The van der Waals surface area contributed by atoms with E-state index in [1.807, 2.05) is 6.08 Å². The van der Waals surface area contributed by atoms with Crippen molar-refractivity contribution >= 4 is 5.91 Å². The fourth-order valence-electron chi connectivity index (χ4n) is 15.4. The second-order valence-corrected chi connectivity index (χ2v) is 32.1. The van der Waals surface area contributed by atoms with Gasteiger partial charge in [0.2, 0.25) is 5.91 Å². The van der Waals surface area contributed by atoms with Crippen LogP contribution in [0.2, 0.25) is 0 Å². The van der Waals surface area contributed by atoms with Crippen LogP contribution in [0.3, 0.4) is 0 Å². The Labute approximate surface area is 645 Å². The van der Waals surface area contributed by atoms with E-state index < -0.39 is 124 Å². The number of amides is 1. The largest absolute Gasteiger partial charge is 0.394 e. The molecule has 19 nitrogen and oxygen atoms in total. The Hall–Kier alpha value is -1.73. The van der Waals surface area contributed by atoms with Gasteiger partial charge >= 0.3 is 0 Å². The Bertz CT molecular complexity index is 2000. The van der Waals surface area contributed by atoms with E-state index in [2.05, 4.69) is 31.3 Å². The normalized spacial score (nSPS) is 25.7. The molecule has 1 amide bonds. The maximum atomic E-state index is 13.5. The van der Waals surface area contributed by atoms with Crippen LogP contribution in [0.15, 0.2) is 24.3 Å². The smallest absolute Gasteiger partial charge is 0.220 e. The number of carbonyl (C=O) groups is 1. The number of aliphatic hydroxyl groups is 11. The highest BCUT2D eigenvalue weighted by molar-refractivity contribution is 5.76. The Balaban J connectivity index is 1.30. The SMILES string of the molecule is CCCCCCCCCCCCCCCCCC/C=C/CC/C=C/C(O)C(COC1OC(CO)C(OC2OC(CO)C(OC3OC(CO)C(O)C(O)C3O)C(O)C2O)C(O)C1O)NC(=O)CCCCCCCCCCCCCCCCCCCCCCCCCCCCCCCCCCCCCCCCC. The quantitative estimate of drug-likeness (QED) is 0.0199. The van der Waals surface area contributed by atoms with Crippen molar-refractivity contribution in [3.63, 3.8) is 0 Å². The Morgan fingerprint density at radius 2 is 0.604 bits per heavy atom. The van der Waals surface area contributed by atoms with Gasteiger partial charge in [-0.1, -0.05) is 378 Å². The van der Waals surface area contributed by atoms with E-state index in [1.165, 1.54) is 321 Å². The summed E-state index contributed by atoms with van der Waals surface area (Å²) in [5, 5.41) is 121. The van der Waals surface area contributed by atoms with Crippen molar-refractivity contribution in [3.8, 4) is 0 Å². The summed E-state index contributed by atoms with van der Waals surface area (Å²) >= 11 is 0. The third-order valence-corrected chi connectivity index (χ3v) is 22.5. The van der Waals surface area contributed by atoms with Gasteiger partial charge in [0.15, 0.2) is 18.9 Å². The minimum Gasteiger partial charge on any atom is -0.394 e. The average molecular weight is 1510 g/mol. The van der Waals surface area contributed by atoms with E-state index in [9.17, 15) is 61.0 Å². The number of allylic oxidation sites excluding steroid dienone is 3. The van der Waals surface area contributed by atoms with Gasteiger partial charge in [0.05, 0.1) is 38.6 Å². The molecule has 0 radical (unpaired) electrons. The van der Waals surface area contributed by atoms with E-state index in [4.69, 9.17) is 28.4 Å². The van der Waals surface area contributed by atoms with Gasteiger partial charge in [-0.2, -0.15) is 0 Å². The third-order valence-electron chi connectivity index (χ3n) is 22.5.